The van der Waals surface area contributed by atoms with Gasteiger partial charge >= 0.3 is 0 Å². The molecule has 4 atom stereocenters. The van der Waals surface area contributed by atoms with E-state index < -0.39 is 10.0 Å². The molecule has 128 valence electrons. The molecule has 4 saturated heterocycles. The van der Waals surface area contributed by atoms with Crippen molar-refractivity contribution in [1.82, 2.24) is 19.4 Å². The van der Waals surface area contributed by atoms with E-state index in [1.165, 1.54) is 45.4 Å². The molecule has 0 aromatic carbocycles. The maximum Gasteiger partial charge on any atom is 0.208 e. The number of sulfonamides is 1. The van der Waals surface area contributed by atoms with E-state index in [4.69, 9.17) is 0 Å². The predicted molar refractivity (Wildman–Crippen MR) is 88.4 cm³/mol. The van der Waals surface area contributed by atoms with Gasteiger partial charge in [0.2, 0.25) is 10.0 Å². The Labute approximate surface area is 134 Å². The molecular weight excluding hydrogens is 300 g/mol. The summed E-state index contributed by atoms with van der Waals surface area (Å²) in [6.07, 6.45) is 3.69. The Bertz CT molecular complexity index is 476. The Balaban J connectivity index is 1.50. The van der Waals surface area contributed by atoms with Crippen LogP contribution >= 0.6 is 0 Å². The van der Waals surface area contributed by atoms with Gasteiger partial charge in [-0.1, -0.05) is 0 Å². The zero-order valence-electron chi connectivity index (χ0n) is 13.9. The molecule has 7 heteroatoms. The smallest absolute Gasteiger partial charge is 0.208 e. The Morgan fingerprint density at radius 2 is 1.86 bits per heavy atom. The van der Waals surface area contributed by atoms with Crippen molar-refractivity contribution in [3.05, 3.63) is 0 Å². The highest BCUT2D eigenvalue weighted by Gasteiger charge is 2.40. The molecule has 6 nitrogen and oxygen atoms in total. The van der Waals surface area contributed by atoms with E-state index in [9.17, 15) is 8.42 Å². The first-order chi connectivity index (χ1) is 10.4. The van der Waals surface area contributed by atoms with E-state index in [0.29, 0.717) is 12.6 Å². The molecule has 4 aliphatic heterocycles. The second-order valence-corrected chi connectivity index (χ2v) is 9.25. The number of piperazine rings is 1. The van der Waals surface area contributed by atoms with Crippen molar-refractivity contribution in [2.75, 3.05) is 65.7 Å². The first-order valence-electron chi connectivity index (χ1n) is 8.50. The van der Waals surface area contributed by atoms with Crippen LogP contribution in [0.4, 0.5) is 0 Å². The summed E-state index contributed by atoms with van der Waals surface area (Å²) in [6.45, 7) is 8.84. The average Bonchev–Trinajstić information content (AvgIpc) is 2.48. The van der Waals surface area contributed by atoms with E-state index in [1.807, 2.05) is 0 Å². The molecule has 4 aliphatic rings. The van der Waals surface area contributed by atoms with Crippen LogP contribution in [-0.4, -0.2) is 94.8 Å². The first-order valence-corrected chi connectivity index (χ1v) is 10.4. The van der Waals surface area contributed by atoms with Crippen molar-refractivity contribution in [3.8, 4) is 0 Å². The lowest BCUT2D eigenvalue weighted by Gasteiger charge is -2.51. The molecular formula is C15H30N4O2S. The number of hydrogen-bond donors (Lipinski definition) is 1. The molecule has 0 spiro atoms. The number of piperidine rings is 3. The van der Waals surface area contributed by atoms with Gasteiger partial charge < -0.3 is 9.80 Å². The van der Waals surface area contributed by atoms with Gasteiger partial charge in [0.05, 0.1) is 6.26 Å². The van der Waals surface area contributed by atoms with Gasteiger partial charge in [0.25, 0.3) is 0 Å². The van der Waals surface area contributed by atoms with Gasteiger partial charge in [-0.2, -0.15) is 0 Å². The maximum absolute atomic E-state index is 11.3. The quantitative estimate of drug-likeness (QED) is 0.736. The predicted octanol–water partition coefficient (Wildman–Crippen LogP) is -0.507. The van der Waals surface area contributed by atoms with Crippen molar-refractivity contribution >= 4 is 10.0 Å². The summed E-state index contributed by atoms with van der Waals surface area (Å²) in [7, 11) is -0.872. The molecule has 4 unspecified atom stereocenters. The summed E-state index contributed by atoms with van der Waals surface area (Å²) in [4.78, 5) is 7.54. The average molecular weight is 330 g/mol. The number of nitrogens with zero attached hydrogens (tertiary/aromatic N) is 3. The topological polar surface area (TPSA) is 55.9 Å². The summed E-state index contributed by atoms with van der Waals surface area (Å²) in [5.74, 6) is 1.54. The van der Waals surface area contributed by atoms with E-state index >= 15 is 0 Å². The highest BCUT2D eigenvalue weighted by atomic mass is 32.2. The molecule has 4 heterocycles. The fourth-order valence-corrected chi connectivity index (χ4v) is 4.77. The molecule has 0 amide bonds. The molecule has 0 saturated carbocycles. The molecule has 4 rings (SSSR count). The summed E-state index contributed by atoms with van der Waals surface area (Å²) >= 11 is 0. The Hall–Kier alpha value is -0.210. The highest BCUT2D eigenvalue weighted by molar-refractivity contribution is 7.88. The number of fused-ring (bicyclic) bond motifs is 3. The van der Waals surface area contributed by atoms with E-state index in [2.05, 4.69) is 26.5 Å². The van der Waals surface area contributed by atoms with Crippen LogP contribution in [0.25, 0.3) is 0 Å². The number of hydrogen-bond acceptors (Lipinski definition) is 5. The lowest BCUT2D eigenvalue weighted by atomic mass is 9.75. The van der Waals surface area contributed by atoms with Gasteiger partial charge in [-0.05, 0) is 38.3 Å². The van der Waals surface area contributed by atoms with Gasteiger partial charge in [-0.3, -0.25) is 4.90 Å². The lowest BCUT2D eigenvalue weighted by molar-refractivity contribution is -0.0149. The van der Waals surface area contributed by atoms with Crippen molar-refractivity contribution in [3.63, 3.8) is 0 Å². The third kappa shape index (κ3) is 4.20. The lowest BCUT2D eigenvalue weighted by Crippen LogP contribution is -2.59. The van der Waals surface area contributed by atoms with E-state index in [0.717, 1.165) is 31.3 Å². The van der Waals surface area contributed by atoms with Crippen LogP contribution < -0.4 is 4.72 Å². The van der Waals surface area contributed by atoms with E-state index in [1.54, 1.807) is 0 Å². The normalized spacial score (nSPS) is 37.5. The van der Waals surface area contributed by atoms with Gasteiger partial charge in [0, 0.05) is 51.9 Å². The van der Waals surface area contributed by atoms with Gasteiger partial charge in [-0.15, -0.1) is 0 Å². The Morgan fingerprint density at radius 1 is 1.14 bits per heavy atom. The standard InChI is InChI=1S/C15H30N4O2S/c1-17-5-7-18(8-6-17)11-14-12-19-4-3-13(14)9-15(19)10-16-22(2,20)21/h13-16H,3-12H2,1-2H3. The molecule has 1 N–H and O–H groups in total. The first kappa shape index (κ1) is 16.6. The maximum atomic E-state index is 11.3. The minimum atomic E-state index is -3.07. The van der Waals surface area contributed by atoms with Crippen LogP contribution in [0.5, 0.6) is 0 Å². The monoisotopic (exact) mass is 330 g/mol. The fraction of sp³-hybridized carbons (Fsp3) is 1.00. The zero-order valence-corrected chi connectivity index (χ0v) is 14.7. The largest absolute Gasteiger partial charge is 0.304 e. The third-order valence-electron chi connectivity index (χ3n) is 5.68. The van der Waals surface area contributed by atoms with Crippen LogP contribution in [0.15, 0.2) is 0 Å². The number of rotatable bonds is 5. The van der Waals surface area contributed by atoms with E-state index in [-0.39, 0.29) is 0 Å². The molecule has 2 bridgehead atoms. The molecule has 4 fully saturated rings. The van der Waals surface area contributed by atoms with Crippen molar-refractivity contribution in [1.29, 1.82) is 0 Å². The van der Waals surface area contributed by atoms with Gasteiger partial charge in [0.15, 0.2) is 0 Å². The third-order valence-corrected chi connectivity index (χ3v) is 6.37. The van der Waals surface area contributed by atoms with Crippen molar-refractivity contribution in [2.24, 2.45) is 11.8 Å². The van der Waals surface area contributed by atoms with Crippen LogP contribution in [-0.2, 0) is 10.0 Å². The van der Waals surface area contributed by atoms with Crippen molar-refractivity contribution < 1.29 is 8.42 Å². The minimum Gasteiger partial charge on any atom is -0.304 e. The molecule has 0 radical (unpaired) electrons. The van der Waals surface area contributed by atoms with Gasteiger partial charge in [-0.25, -0.2) is 13.1 Å². The molecule has 0 aliphatic carbocycles. The zero-order chi connectivity index (χ0) is 15.7. The fourth-order valence-electron chi connectivity index (χ4n) is 4.28. The van der Waals surface area contributed by atoms with Gasteiger partial charge in [0.1, 0.15) is 0 Å². The summed E-state index contributed by atoms with van der Waals surface area (Å²) in [5, 5.41) is 0. The summed E-state index contributed by atoms with van der Waals surface area (Å²) < 4.78 is 25.3. The van der Waals surface area contributed by atoms with Crippen LogP contribution in [0.3, 0.4) is 0 Å². The van der Waals surface area contributed by atoms with Crippen LogP contribution in [0.2, 0.25) is 0 Å². The number of likely N-dealkylation sites (N-methyl/N-ethyl adjacent to an activating group) is 1. The second kappa shape index (κ2) is 6.73. The summed E-state index contributed by atoms with van der Waals surface area (Å²) in [6, 6.07) is 0.400. The highest BCUT2D eigenvalue weighted by Crippen LogP contribution is 2.36. The minimum absolute atomic E-state index is 0.400. The SMILES string of the molecule is CN1CCN(CC2CN3CCC2CC3CNS(C)(=O)=O)CC1. The second-order valence-electron chi connectivity index (χ2n) is 7.42. The molecule has 0 aromatic heterocycles. The Kier molecular flexibility index (Phi) is 5.09. The van der Waals surface area contributed by atoms with Crippen LogP contribution in [0.1, 0.15) is 12.8 Å². The van der Waals surface area contributed by atoms with Crippen LogP contribution in [0, 0.1) is 11.8 Å². The number of nitrogens with one attached hydrogen (secondary N) is 1. The summed E-state index contributed by atoms with van der Waals surface area (Å²) in [5.41, 5.74) is 0. The molecule has 0 aromatic rings. The molecule has 22 heavy (non-hydrogen) atoms. The van der Waals surface area contributed by atoms with Crippen molar-refractivity contribution in [2.45, 2.75) is 18.9 Å². The Morgan fingerprint density at radius 3 is 2.45 bits per heavy atom.